The molecule has 0 aliphatic heterocycles. The van der Waals surface area contributed by atoms with Crippen molar-refractivity contribution in [3.05, 3.63) is 24.3 Å². The lowest BCUT2D eigenvalue weighted by Crippen LogP contribution is -2.11. The molecule has 2 N–H and O–H groups in total. The third kappa shape index (κ3) is 2.95. The van der Waals surface area contributed by atoms with Crippen molar-refractivity contribution < 1.29 is 12.6 Å². The van der Waals surface area contributed by atoms with Crippen LogP contribution < -0.4 is 9.92 Å². The Hall–Kier alpha value is -1.23. The minimum atomic E-state index is -3.43. The summed E-state index contributed by atoms with van der Waals surface area (Å²) in [5, 5.41) is 0. The van der Waals surface area contributed by atoms with Crippen LogP contribution in [-0.4, -0.2) is 14.2 Å². The van der Waals surface area contributed by atoms with Gasteiger partial charge in [-0.1, -0.05) is 0 Å². The van der Waals surface area contributed by atoms with Crippen LogP contribution in [0.5, 0.6) is 5.75 Å². The number of benzene rings is 1. The molecule has 0 bridgehead atoms. The SMILES string of the molecule is CCS(=O)(=O)Oc1ccc(N)cc1. The van der Waals surface area contributed by atoms with Crippen LogP contribution in [0.1, 0.15) is 6.92 Å². The van der Waals surface area contributed by atoms with E-state index in [9.17, 15) is 8.42 Å². The predicted molar refractivity (Wildman–Crippen MR) is 50.9 cm³/mol. The van der Waals surface area contributed by atoms with Gasteiger partial charge in [0.1, 0.15) is 5.75 Å². The highest BCUT2D eigenvalue weighted by molar-refractivity contribution is 7.87. The fraction of sp³-hybridized carbons (Fsp3) is 0.250. The Bertz CT molecular complexity index is 369. The van der Waals surface area contributed by atoms with Gasteiger partial charge in [-0.2, -0.15) is 8.42 Å². The van der Waals surface area contributed by atoms with Crippen LogP contribution in [0.25, 0.3) is 0 Å². The van der Waals surface area contributed by atoms with E-state index in [0.717, 1.165) is 0 Å². The quantitative estimate of drug-likeness (QED) is 0.585. The minimum Gasteiger partial charge on any atom is -0.399 e. The summed E-state index contributed by atoms with van der Waals surface area (Å²) >= 11 is 0. The molecule has 0 aliphatic rings. The van der Waals surface area contributed by atoms with Crippen LogP contribution >= 0.6 is 0 Å². The first-order valence-corrected chi connectivity index (χ1v) is 5.39. The molecule has 0 saturated carbocycles. The van der Waals surface area contributed by atoms with Crippen LogP contribution in [0.3, 0.4) is 0 Å². The normalized spacial score (nSPS) is 11.2. The Morgan fingerprint density at radius 3 is 2.31 bits per heavy atom. The summed E-state index contributed by atoms with van der Waals surface area (Å²) < 4.78 is 26.7. The molecule has 0 unspecified atom stereocenters. The second-order valence-corrected chi connectivity index (χ2v) is 4.36. The van der Waals surface area contributed by atoms with E-state index in [-0.39, 0.29) is 11.5 Å². The number of hydrogen-bond acceptors (Lipinski definition) is 4. The Morgan fingerprint density at radius 1 is 1.31 bits per heavy atom. The molecule has 0 heterocycles. The highest BCUT2D eigenvalue weighted by atomic mass is 32.2. The van der Waals surface area contributed by atoms with Gasteiger partial charge < -0.3 is 9.92 Å². The van der Waals surface area contributed by atoms with E-state index in [4.69, 9.17) is 9.92 Å². The maximum atomic E-state index is 11.0. The van der Waals surface area contributed by atoms with Gasteiger partial charge in [0.25, 0.3) is 0 Å². The van der Waals surface area contributed by atoms with Gasteiger partial charge in [0.15, 0.2) is 0 Å². The maximum absolute atomic E-state index is 11.0. The van der Waals surface area contributed by atoms with Crippen LogP contribution in [0.4, 0.5) is 5.69 Å². The summed E-state index contributed by atoms with van der Waals surface area (Å²) in [7, 11) is -3.43. The molecule has 1 aromatic rings. The lowest BCUT2D eigenvalue weighted by Gasteiger charge is -2.04. The fourth-order valence-electron chi connectivity index (χ4n) is 0.729. The van der Waals surface area contributed by atoms with Crippen molar-refractivity contribution >= 4 is 15.8 Å². The molecule has 72 valence electrons. The van der Waals surface area contributed by atoms with Gasteiger partial charge in [-0.25, -0.2) is 0 Å². The molecule has 13 heavy (non-hydrogen) atoms. The Balaban J connectivity index is 2.82. The van der Waals surface area contributed by atoms with Gasteiger partial charge in [-0.15, -0.1) is 0 Å². The van der Waals surface area contributed by atoms with E-state index in [1.165, 1.54) is 19.1 Å². The molecule has 0 aromatic heterocycles. The molecule has 0 aliphatic carbocycles. The average molecular weight is 201 g/mol. The fourth-order valence-corrected chi connectivity index (χ4v) is 1.25. The number of anilines is 1. The Labute approximate surface area is 77.4 Å². The lowest BCUT2D eigenvalue weighted by atomic mass is 10.3. The first-order chi connectivity index (χ1) is 6.03. The number of nitrogens with two attached hydrogens (primary N) is 1. The van der Waals surface area contributed by atoms with E-state index in [0.29, 0.717) is 5.69 Å². The molecule has 0 radical (unpaired) electrons. The molecule has 1 aromatic carbocycles. The van der Waals surface area contributed by atoms with Crippen LogP contribution in [0.2, 0.25) is 0 Å². The first-order valence-electron chi connectivity index (χ1n) is 3.81. The Kier molecular flexibility index (Phi) is 2.77. The van der Waals surface area contributed by atoms with E-state index in [1.807, 2.05) is 0 Å². The second-order valence-electron chi connectivity index (χ2n) is 2.50. The van der Waals surface area contributed by atoms with Crippen molar-refractivity contribution in [1.82, 2.24) is 0 Å². The van der Waals surface area contributed by atoms with Gasteiger partial charge in [-0.05, 0) is 31.2 Å². The molecule has 4 nitrogen and oxygen atoms in total. The van der Waals surface area contributed by atoms with Gasteiger partial charge in [0.05, 0.1) is 5.75 Å². The summed E-state index contributed by atoms with van der Waals surface area (Å²) in [5.74, 6) is 0.244. The summed E-state index contributed by atoms with van der Waals surface area (Å²) in [5.41, 5.74) is 5.99. The smallest absolute Gasteiger partial charge is 0.308 e. The maximum Gasteiger partial charge on any atom is 0.308 e. The molecule has 0 fully saturated rings. The van der Waals surface area contributed by atoms with Crippen LogP contribution in [0, 0.1) is 0 Å². The number of hydrogen-bond donors (Lipinski definition) is 1. The summed E-state index contributed by atoms with van der Waals surface area (Å²) in [6.07, 6.45) is 0. The predicted octanol–water partition coefficient (Wildman–Crippen LogP) is 0.997. The largest absolute Gasteiger partial charge is 0.399 e. The zero-order valence-corrected chi connectivity index (χ0v) is 8.04. The number of nitrogen functional groups attached to an aromatic ring is 1. The molecule has 0 atom stereocenters. The Morgan fingerprint density at radius 2 is 1.85 bits per heavy atom. The number of rotatable bonds is 3. The van der Waals surface area contributed by atoms with Crippen molar-refractivity contribution in [2.75, 3.05) is 11.5 Å². The van der Waals surface area contributed by atoms with Crippen molar-refractivity contribution in [2.24, 2.45) is 0 Å². The van der Waals surface area contributed by atoms with E-state index < -0.39 is 10.1 Å². The molecule has 5 heteroatoms. The third-order valence-electron chi connectivity index (χ3n) is 1.46. The van der Waals surface area contributed by atoms with Crippen molar-refractivity contribution in [1.29, 1.82) is 0 Å². The van der Waals surface area contributed by atoms with Gasteiger partial charge in [-0.3, -0.25) is 0 Å². The topological polar surface area (TPSA) is 69.4 Å². The molecule has 0 spiro atoms. The van der Waals surface area contributed by atoms with Crippen LogP contribution in [0.15, 0.2) is 24.3 Å². The standard InChI is InChI=1S/C8H11NO3S/c1-2-13(10,11)12-8-5-3-7(9)4-6-8/h3-6H,2,9H2,1H3. The molecular weight excluding hydrogens is 190 g/mol. The van der Waals surface area contributed by atoms with Crippen molar-refractivity contribution in [3.8, 4) is 5.75 Å². The highest BCUT2D eigenvalue weighted by Crippen LogP contribution is 2.15. The summed E-state index contributed by atoms with van der Waals surface area (Å²) in [6, 6.07) is 6.20. The van der Waals surface area contributed by atoms with Gasteiger partial charge >= 0.3 is 10.1 Å². The molecular formula is C8H11NO3S. The lowest BCUT2D eigenvalue weighted by molar-refractivity contribution is 0.487. The van der Waals surface area contributed by atoms with E-state index >= 15 is 0 Å². The highest BCUT2D eigenvalue weighted by Gasteiger charge is 2.08. The minimum absolute atomic E-state index is 0.0443. The van der Waals surface area contributed by atoms with E-state index in [1.54, 1.807) is 12.1 Å². The second kappa shape index (κ2) is 3.66. The third-order valence-corrected chi connectivity index (χ3v) is 2.61. The molecule has 0 amide bonds. The first kappa shape index (κ1) is 9.85. The molecule has 0 saturated heterocycles. The van der Waals surface area contributed by atoms with Crippen LogP contribution in [-0.2, 0) is 10.1 Å². The van der Waals surface area contributed by atoms with Crippen molar-refractivity contribution in [2.45, 2.75) is 6.92 Å². The van der Waals surface area contributed by atoms with Gasteiger partial charge in [0.2, 0.25) is 0 Å². The zero-order valence-electron chi connectivity index (χ0n) is 7.23. The van der Waals surface area contributed by atoms with E-state index in [2.05, 4.69) is 0 Å². The van der Waals surface area contributed by atoms with Crippen molar-refractivity contribution in [3.63, 3.8) is 0 Å². The molecule has 1 rings (SSSR count). The summed E-state index contributed by atoms with van der Waals surface area (Å²) in [6.45, 7) is 1.52. The average Bonchev–Trinajstić information content (AvgIpc) is 2.09. The zero-order chi connectivity index (χ0) is 9.90. The monoisotopic (exact) mass is 201 g/mol. The summed E-state index contributed by atoms with van der Waals surface area (Å²) in [4.78, 5) is 0. The van der Waals surface area contributed by atoms with Gasteiger partial charge in [0, 0.05) is 5.69 Å².